The van der Waals surface area contributed by atoms with Crippen LogP contribution in [0.4, 0.5) is 4.39 Å². The summed E-state index contributed by atoms with van der Waals surface area (Å²) in [6.45, 7) is 0.555. The van der Waals surface area contributed by atoms with E-state index >= 15 is 0 Å². The fraction of sp³-hybridized carbons (Fsp3) is 0.304. The maximum atomic E-state index is 13.7. The normalized spacial score (nSPS) is 12.0. The quantitative estimate of drug-likeness (QED) is 0.428. The Bertz CT molecular complexity index is 1050. The molecule has 3 aromatic rings. The highest BCUT2D eigenvalue weighted by Gasteiger charge is 2.19. The number of esters is 1. The van der Waals surface area contributed by atoms with Crippen molar-refractivity contribution in [1.29, 1.82) is 0 Å². The van der Waals surface area contributed by atoms with Gasteiger partial charge in [0, 0.05) is 34.1 Å². The molecule has 1 atom stereocenters. The van der Waals surface area contributed by atoms with Crippen LogP contribution in [0.1, 0.15) is 17.5 Å². The highest BCUT2D eigenvalue weighted by atomic mass is 35.5. The highest BCUT2D eigenvalue weighted by molar-refractivity contribution is 7.98. The first-order chi connectivity index (χ1) is 15.0. The number of nitrogens with one attached hydrogen (secondary N) is 1. The van der Waals surface area contributed by atoms with Crippen LogP contribution in [0, 0.1) is 5.82 Å². The van der Waals surface area contributed by atoms with Crippen molar-refractivity contribution in [1.82, 2.24) is 10.3 Å². The Labute approximate surface area is 190 Å². The number of rotatable bonds is 10. The number of fused-ring (bicyclic) bond motifs is 1. The van der Waals surface area contributed by atoms with Crippen molar-refractivity contribution in [2.24, 2.45) is 0 Å². The van der Waals surface area contributed by atoms with Crippen LogP contribution in [0.25, 0.3) is 10.9 Å². The molecule has 5 nitrogen and oxygen atoms in total. The summed E-state index contributed by atoms with van der Waals surface area (Å²) in [6.07, 6.45) is 2.62. The van der Waals surface area contributed by atoms with E-state index in [-0.39, 0.29) is 18.4 Å². The second-order valence-corrected chi connectivity index (χ2v) is 8.30. The smallest absolute Gasteiger partial charge is 0.322 e. The first-order valence-corrected chi connectivity index (χ1v) is 11.5. The number of ether oxygens (including phenoxy) is 2. The Hall–Kier alpha value is -2.35. The van der Waals surface area contributed by atoms with Gasteiger partial charge >= 0.3 is 5.97 Å². The molecule has 8 heteroatoms. The van der Waals surface area contributed by atoms with Crippen molar-refractivity contribution in [3.63, 3.8) is 0 Å². The first-order valence-electron chi connectivity index (χ1n) is 9.77. The minimum absolute atomic E-state index is 0.216. The van der Waals surface area contributed by atoms with Crippen LogP contribution in [0.15, 0.2) is 48.5 Å². The lowest BCUT2D eigenvalue weighted by atomic mass is 10.1. The number of methoxy groups -OCH3 is 1. The van der Waals surface area contributed by atoms with Crippen molar-refractivity contribution >= 4 is 40.2 Å². The number of hydrogen-bond acceptors (Lipinski definition) is 6. The minimum Gasteiger partial charge on any atom is -0.472 e. The zero-order valence-corrected chi connectivity index (χ0v) is 18.9. The van der Waals surface area contributed by atoms with Crippen molar-refractivity contribution in [3.05, 3.63) is 70.5 Å². The van der Waals surface area contributed by atoms with E-state index in [9.17, 15) is 9.18 Å². The highest BCUT2D eigenvalue weighted by Crippen LogP contribution is 2.25. The van der Waals surface area contributed by atoms with Gasteiger partial charge in [-0.1, -0.05) is 29.8 Å². The number of aromatic nitrogens is 1. The van der Waals surface area contributed by atoms with E-state index in [4.69, 9.17) is 21.1 Å². The summed E-state index contributed by atoms with van der Waals surface area (Å²) in [6, 6.07) is 13.3. The van der Waals surface area contributed by atoms with Crippen LogP contribution in [-0.4, -0.2) is 36.1 Å². The second kappa shape index (κ2) is 11.3. The molecule has 2 aromatic carbocycles. The van der Waals surface area contributed by atoms with Crippen molar-refractivity contribution in [2.45, 2.75) is 25.6 Å². The summed E-state index contributed by atoms with van der Waals surface area (Å²) in [4.78, 5) is 16.6. The molecule has 0 amide bonds. The molecule has 0 unspecified atom stereocenters. The predicted molar refractivity (Wildman–Crippen MR) is 123 cm³/mol. The molecule has 3 rings (SSSR count). The van der Waals surface area contributed by atoms with E-state index in [1.807, 2.05) is 30.5 Å². The van der Waals surface area contributed by atoms with Crippen molar-refractivity contribution in [2.75, 3.05) is 19.1 Å². The number of benzene rings is 2. The standard InChI is InChI=1S/C23H24ClFN2O3S/c1-29-23(28)20(9-10-31-2)26-13-17-11-15-7-8-18(25)12-21(15)27-22(17)30-14-16-5-3-4-6-19(16)24/h3-8,11-12,20,26H,9-10,13-14H2,1-2H3/t20-/m1/s1. The Kier molecular flexibility index (Phi) is 8.51. The summed E-state index contributed by atoms with van der Waals surface area (Å²) >= 11 is 7.89. The third-order valence-electron chi connectivity index (χ3n) is 4.78. The van der Waals surface area contributed by atoms with Crippen LogP contribution in [0.3, 0.4) is 0 Å². The number of halogens is 2. The van der Waals surface area contributed by atoms with Gasteiger partial charge in [-0.2, -0.15) is 11.8 Å². The monoisotopic (exact) mass is 462 g/mol. The molecule has 0 aliphatic carbocycles. The van der Waals surface area contributed by atoms with Gasteiger partial charge in [-0.25, -0.2) is 9.37 Å². The number of nitrogens with zero attached hydrogens (tertiary/aromatic N) is 1. The van der Waals surface area contributed by atoms with E-state index in [1.165, 1.54) is 19.2 Å². The lowest BCUT2D eigenvalue weighted by molar-refractivity contribution is -0.143. The fourth-order valence-corrected chi connectivity index (χ4v) is 3.76. The molecule has 0 saturated heterocycles. The van der Waals surface area contributed by atoms with Crippen LogP contribution in [0.2, 0.25) is 5.02 Å². The minimum atomic E-state index is -0.446. The third kappa shape index (κ3) is 6.32. The molecule has 0 fully saturated rings. The van der Waals surface area contributed by atoms with Gasteiger partial charge < -0.3 is 14.8 Å². The number of pyridine rings is 1. The lowest BCUT2D eigenvalue weighted by Gasteiger charge is -2.18. The number of carbonyl (C=O) groups excluding carboxylic acids is 1. The van der Waals surface area contributed by atoms with E-state index in [0.717, 1.165) is 22.3 Å². The molecule has 0 spiro atoms. The molecule has 164 valence electrons. The van der Waals surface area contributed by atoms with Crippen LogP contribution in [-0.2, 0) is 22.7 Å². The summed E-state index contributed by atoms with van der Waals surface area (Å²) < 4.78 is 24.6. The van der Waals surface area contributed by atoms with E-state index in [2.05, 4.69) is 10.3 Å². The number of carbonyl (C=O) groups is 1. The Morgan fingerprint density at radius 1 is 1.23 bits per heavy atom. The molecule has 0 saturated carbocycles. The molecule has 0 aliphatic heterocycles. The summed E-state index contributed by atoms with van der Waals surface area (Å²) in [5.41, 5.74) is 2.06. The number of thioether (sulfide) groups is 1. The van der Waals surface area contributed by atoms with Gasteiger partial charge in [0.15, 0.2) is 0 Å². The number of hydrogen-bond donors (Lipinski definition) is 1. The largest absolute Gasteiger partial charge is 0.472 e. The van der Waals surface area contributed by atoms with Gasteiger partial charge in [0.25, 0.3) is 0 Å². The van der Waals surface area contributed by atoms with Crippen LogP contribution >= 0.6 is 23.4 Å². The van der Waals surface area contributed by atoms with Gasteiger partial charge in [0.2, 0.25) is 5.88 Å². The molecular weight excluding hydrogens is 439 g/mol. The van der Waals surface area contributed by atoms with E-state index in [0.29, 0.717) is 29.4 Å². The van der Waals surface area contributed by atoms with Crippen LogP contribution < -0.4 is 10.1 Å². The summed E-state index contributed by atoms with van der Waals surface area (Å²) in [5, 5.41) is 4.61. The van der Waals surface area contributed by atoms with Gasteiger partial charge in [0.1, 0.15) is 18.5 Å². The van der Waals surface area contributed by atoms with Gasteiger partial charge in [-0.3, -0.25) is 4.79 Å². The lowest BCUT2D eigenvalue weighted by Crippen LogP contribution is -2.37. The predicted octanol–water partition coefficient (Wildman–Crippen LogP) is 4.99. The topological polar surface area (TPSA) is 60.5 Å². The molecular formula is C23H24ClFN2O3S. The maximum absolute atomic E-state index is 13.7. The summed E-state index contributed by atoms with van der Waals surface area (Å²) in [5.74, 6) is 0.492. The maximum Gasteiger partial charge on any atom is 0.322 e. The van der Waals surface area contributed by atoms with Crippen molar-refractivity contribution < 1.29 is 18.7 Å². The van der Waals surface area contributed by atoms with Gasteiger partial charge in [-0.05, 0) is 42.7 Å². The van der Waals surface area contributed by atoms with E-state index < -0.39 is 6.04 Å². The third-order valence-corrected chi connectivity index (χ3v) is 5.79. The first kappa shape index (κ1) is 23.3. The molecule has 0 radical (unpaired) electrons. The van der Waals surface area contributed by atoms with E-state index in [1.54, 1.807) is 23.9 Å². The second-order valence-electron chi connectivity index (χ2n) is 6.91. The average Bonchev–Trinajstić information content (AvgIpc) is 2.78. The Morgan fingerprint density at radius 3 is 2.77 bits per heavy atom. The molecule has 31 heavy (non-hydrogen) atoms. The Balaban J connectivity index is 1.86. The summed E-state index contributed by atoms with van der Waals surface area (Å²) in [7, 11) is 1.38. The fourth-order valence-electron chi connectivity index (χ4n) is 3.09. The van der Waals surface area contributed by atoms with Gasteiger partial charge in [-0.15, -0.1) is 0 Å². The Morgan fingerprint density at radius 2 is 2.03 bits per heavy atom. The molecule has 0 bridgehead atoms. The molecule has 1 N–H and O–H groups in total. The zero-order chi connectivity index (χ0) is 22.2. The molecule has 1 heterocycles. The SMILES string of the molecule is COC(=O)[C@@H](CCSC)NCc1cc2ccc(F)cc2nc1OCc1ccccc1Cl. The molecule has 0 aliphatic rings. The van der Waals surface area contributed by atoms with Gasteiger partial charge in [0.05, 0.1) is 12.6 Å². The van der Waals surface area contributed by atoms with Crippen LogP contribution in [0.5, 0.6) is 5.88 Å². The average molecular weight is 463 g/mol. The zero-order valence-electron chi connectivity index (χ0n) is 17.4. The van der Waals surface area contributed by atoms with Crippen molar-refractivity contribution in [3.8, 4) is 5.88 Å². The molecule has 1 aromatic heterocycles.